The van der Waals surface area contributed by atoms with Crippen LogP contribution in [0.3, 0.4) is 0 Å². The number of fused-ring (bicyclic) bond motifs is 4. The Morgan fingerprint density at radius 3 is 1.71 bits per heavy atom. The standard InChI is InChI=1S/C47H32O/c1-3-31-14-4-7-20-38(31)47-30(2)43-29-35(26-27-44(43)48-47)46-41-23-10-8-21-39(41)45(40-22-9-11-24-42(40)46)34-18-12-17-33(28-34)37-25-13-16-32-15-5-6-19-36(32)37/h3-29H,1H2,2H3. The molecule has 0 aliphatic carbocycles. The molecule has 0 bridgehead atoms. The van der Waals surface area contributed by atoms with Crippen molar-refractivity contribution in [3.63, 3.8) is 0 Å². The zero-order valence-corrected chi connectivity index (χ0v) is 26.7. The molecule has 9 aromatic rings. The third-order valence-electron chi connectivity index (χ3n) is 9.83. The van der Waals surface area contributed by atoms with Gasteiger partial charge in [-0.05, 0) is 96.4 Å². The first-order valence-electron chi connectivity index (χ1n) is 16.5. The third-order valence-corrected chi connectivity index (χ3v) is 9.83. The molecule has 1 aromatic heterocycles. The molecule has 1 heterocycles. The molecule has 8 aromatic carbocycles. The fourth-order valence-electron chi connectivity index (χ4n) is 7.58. The summed E-state index contributed by atoms with van der Waals surface area (Å²) < 4.78 is 6.50. The first-order chi connectivity index (χ1) is 23.7. The smallest absolute Gasteiger partial charge is 0.138 e. The molecule has 226 valence electrons. The van der Waals surface area contributed by atoms with Crippen molar-refractivity contribution in [2.75, 3.05) is 0 Å². The van der Waals surface area contributed by atoms with Crippen LogP contribution in [0.2, 0.25) is 0 Å². The average Bonchev–Trinajstić information content (AvgIpc) is 3.48. The Labute approximate surface area is 280 Å². The summed E-state index contributed by atoms with van der Waals surface area (Å²) in [6.45, 7) is 6.19. The van der Waals surface area contributed by atoms with Gasteiger partial charge in [-0.25, -0.2) is 0 Å². The van der Waals surface area contributed by atoms with Crippen LogP contribution < -0.4 is 0 Å². The van der Waals surface area contributed by atoms with Gasteiger partial charge < -0.3 is 4.42 Å². The van der Waals surface area contributed by atoms with E-state index in [-0.39, 0.29) is 0 Å². The number of furan rings is 1. The molecule has 0 amide bonds. The first-order valence-corrected chi connectivity index (χ1v) is 16.5. The van der Waals surface area contributed by atoms with Gasteiger partial charge in [-0.15, -0.1) is 0 Å². The number of hydrogen-bond donors (Lipinski definition) is 0. The topological polar surface area (TPSA) is 13.1 Å². The number of aryl methyl sites for hydroxylation is 1. The van der Waals surface area contributed by atoms with Crippen LogP contribution in [0.5, 0.6) is 0 Å². The predicted octanol–water partition coefficient (Wildman–Crippen LogP) is 13.5. The highest BCUT2D eigenvalue weighted by atomic mass is 16.3. The van der Waals surface area contributed by atoms with E-state index in [1.165, 1.54) is 65.7 Å². The van der Waals surface area contributed by atoms with E-state index in [9.17, 15) is 0 Å². The maximum absolute atomic E-state index is 6.50. The van der Waals surface area contributed by atoms with E-state index in [4.69, 9.17) is 4.42 Å². The van der Waals surface area contributed by atoms with Gasteiger partial charge in [0, 0.05) is 16.5 Å². The Morgan fingerprint density at radius 1 is 0.458 bits per heavy atom. The minimum atomic E-state index is 0.889. The van der Waals surface area contributed by atoms with E-state index < -0.39 is 0 Å². The second-order valence-corrected chi connectivity index (χ2v) is 12.5. The maximum atomic E-state index is 6.50. The molecule has 9 rings (SSSR count). The van der Waals surface area contributed by atoms with Crippen molar-refractivity contribution in [3.8, 4) is 44.7 Å². The van der Waals surface area contributed by atoms with Gasteiger partial charge in [-0.2, -0.15) is 0 Å². The molecule has 0 spiro atoms. The van der Waals surface area contributed by atoms with Gasteiger partial charge in [0.15, 0.2) is 0 Å². The van der Waals surface area contributed by atoms with E-state index in [2.05, 4.69) is 165 Å². The van der Waals surface area contributed by atoms with Gasteiger partial charge in [0.1, 0.15) is 11.3 Å². The summed E-state index contributed by atoms with van der Waals surface area (Å²) in [7, 11) is 0. The van der Waals surface area contributed by atoms with Crippen LogP contribution in [0, 0.1) is 6.92 Å². The summed E-state index contributed by atoms with van der Waals surface area (Å²) in [5.41, 5.74) is 11.5. The Balaban J connectivity index is 1.27. The highest BCUT2D eigenvalue weighted by Crippen LogP contribution is 2.46. The molecule has 0 unspecified atom stereocenters. The SMILES string of the molecule is C=Cc1ccccc1-c1oc2ccc(-c3c4ccccc4c(-c4cccc(-c5cccc6ccccc56)c4)c4ccccc34)cc2c1C. The average molecular weight is 613 g/mol. The Hall–Kier alpha value is -6.18. The van der Waals surface area contributed by atoms with Crippen molar-refractivity contribution in [3.05, 3.63) is 175 Å². The lowest BCUT2D eigenvalue weighted by molar-refractivity contribution is 0.629. The molecule has 1 nitrogen and oxygen atoms in total. The van der Waals surface area contributed by atoms with Crippen molar-refractivity contribution >= 4 is 49.4 Å². The molecule has 0 fully saturated rings. The van der Waals surface area contributed by atoms with Crippen molar-refractivity contribution in [2.45, 2.75) is 6.92 Å². The lowest BCUT2D eigenvalue weighted by atomic mass is 9.85. The molecule has 0 radical (unpaired) electrons. The minimum absolute atomic E-state index is 0.889. The van der Waals surface area contributed by atoms with Gasteiger partial charge in [0.05, 0.1) is 0 Å². The zero-order valence-electron chi connectivity index (χ0n) is 26.7. The molecule has 0 saturated heterocycles. The molecular weight excluding hydrogens is 581 g/mol. The Bertz CT molecular complexity index is 2640. The molecule has 0 aliphatic heterocycles. The highest BCUT2D eigenvalue weighted by molar-refractivity contribution is 6.22. The fourth-order valence-corrected chi connectivity index (χ4v) is 7.58. The lowest BCUT2D eigenvalue weighted by Crippen LogP contribution is -1.91. The first kappa shape index (κ1) is 28.1. The second-order valence-electron chi connectivity index (χ2n) is 12.5. The number of benzene rings is 8. The van der Waals surface area contributed by atoms with E-state index >= 15 is 0 Å². The molecule has 0 aliphatic rings. The van der Waals surface area contributed by atoms with Gasteiger partial charge in [-0.3, -0.25) is 0 Å². The van der Waals surface area contributed by atoms with Crippen LogP contribution in [-0.4, -0.2) is 0 Å². The normalized spacial score (nSPS) is 11.5. The van der Waals surface area contributed by atoms with E-state index in [0.717, 1.165) is 33.4 Å². The summed E-state index contributed by atoms with van der Waals surface area (Å²) in [6, 6.07) is 56.9. The molecular formula is C47H32O. The summed E-state index contributed by atoms with van der Waals surface area (Å²) in [5, 5.41) is 8.60. The molecule has 48 heavy (non-hydrogen) atoms. The molecule has 0 N–H and O–H groups in total. The molecule has 0 saturated carbocycles. The highest BCUT2D eigenvalue weighted by Gasteiger charge is 2.20. The van der Waals surface area contributed by atoms with E-state index in [1.54, 1.807) is 0 Å². The maximum Gasteiger partial charge on any atom is 0.138 e. The van der Waals surface area contributed by atoms with Crippen molar-refractivity contribution in [2.24, 2.45) is 0 Å². The minimum Gasteiger partial charge on any atom is -0.456 e. The predicted molar refractivity (Wildman–Crippen MR) is 205 cm³/mol. The van der Waals surface area contributed by atoms with E-state index in [1.807, 2.05) is 12.1 Å². The summed E-state index contributed by atoms with van der Waals surface area (Å²) in [4.78, 5) is 0. The Morgan fingerprint density at radius 2 is 1.00 bits per heavy atom. The van der Waals surface area contributed by atoms with Gasteiger partial charge >= 0.3 is 0 Å². The fraction of sp³-hybridized carbons (Fsp3) is 0.0213. The summed E-state index contributed by atoms with van der Waals surface area (Å²) in [5.74, 6) is 0.897. The van der Waals surface area contributed by atoms with Crippen molar-refractivity contribution in [1.82, 2.24) is 0 Å². The van der Waals surface area contributed by atoms with Gasteiger partial charge in [-0.1, -0.05) is 152 Å². The zero-order chi connectivity index (χ0) is 32.2. The van der Waals surface area contributed by atoms with Crippen molar-refractivity contribution in [1.29, 1.82) is 0 Å². The van der Waals surface area contributed by atoms with Gasteiger partial charge in [0.2, 0.25) is 0 Å². The summed E-state index contributed by atoms with van der Waals surface area (Å²) in [6.07, 6.45) is 1.89. The van der Waals surface area contributed by atoms with Gasteiger partial charge in [0.25, 0.3) is 0 Å². The summed E-state index contributed by atoms with van der Waals surface area (Å²) >= 11 is 0. The quantitative estimate of drug-likeness (QED) is 0.176. The van der Waals surface area contributed by atoms with Crippen LogP contribution in [0.15, 0.2) is 169 Å². The van der Waals surface area contributed by atoms with Crippen LogP contribution in [-0.2, 0) is 0 Å². The van der Waals surface area contributed by atoms with Crippen LogP contribution in [0.25, 0.3) is 94.1 Å². The third kappa shape index (κ3) is 4.40. The monoisotopic (exact) mass is 612 g/mol. The number of hydrogen-bond acceptors (Lipinski definition) is 1. The van der Waals surface area contributed by atoms with Crippen molar-refractivity contribution < 1.29 is 4.42 Å². The van der Waals surface area contributed by atoms with Crippen LogP contribution >= 0.6 is 0 Å². The number of rotatable bonds is 5. The van der Waals surface area contributed by atoms with E-state index in [0.29, 0.717) is 0 Å². The second kappa shape index (κ2) is 11.3. The largest absolute Gasteiger partial charge is 0.456 e. The lowest BCUT2D eigenvalue weighted by Gasteiger charge is -2.18. The van der Waals surface area contributed by atoms with Crippen LogP contribution in [0.1, 0.15) is 11.1 Å². The van der Waals surface area contributed by atoms with Crippen LogP contribution in [0.4, 0.5) is 0 Å². The molecule has 1 heteroatoms. The molecule has 0 atom stereocenters. The Kier molecular flexibility index (Phi) is 6.59.